The van der Waals surface area contributed by atoms with Crippen LogP contribution in [0.25, 0.3) is 11.1 Å². The molecule has 0 aliphatic heterocycles. The second-order valence-electron chi connectivity index (χ2n) is 6.89. The zero-order valence-electron chi connectivity index (χ0n) is 15.1. The molecule has 0 unspecified atom stereocenters. The average Bonchev–Trinajstić information content (AvgIpc) is 2.57. The third-order valence-electron chi connectivity index (χ3n) is 3.32. The monoisotopic (exact) mass is 380 g/mol. The number of hydrogen-bond donors (Lipinski definition) is 0. The Kier molecular flexibility index (Phi) is 5.93. The maximum Gasteiger partial charge on any atom is 0.422 e. The first kappa shape index (κ1) is 20.5. The summed E-state index contributed by atoms with van der Waals surface area (Å²) in [5.41, 5.74) is 1.00. The highest BCUT2D eigenvalue weighted by Crippen LogP contribution is 2.28. The van der Waals surface area contributed by atoms with E-state index >= 15 is 0 Å². The smallest absolute Gasteiger partial charge is 0.422 e. The lowest BCUT2D eigenvalue weighted by Crippen LogP contribution is -2.23. The Labute approximate surface area is 154 Å². The molecule has 2 aromatic carbocycles. The molecule has 0 bridgehead atoms. The number of esters is 1. The Morgan fingerprint density at radius 2 is 1.63 bits per heavy atom. The van der Waals surface area contributed by atoms with E-state index in [1.807, 2.05) is 0 Å². The van der Waals surface area contributed by atoms with Crippen molar-refractivity contribution in [3.05, 3.63) is 53.6 Å². The normalized spacial score (nSPS) is 11.8. The van der Waals surface area contributed by atoms with Gasteiger partial charge < -0.3 is 9.47 Å². The lowest BCUT2D eigenvalue weighted by atomic mass is 10.0. The van der Waals surface area contributed by atoms with Gasteiger partial charge in [0.05, 0.1) is 5.56 Å². The van der Waals surface area contributed by atoms with Crippen molar-refractivity contribution in [3.63, 3.8) is 0 Å². The highest BCUT2D eigenvalue weighted by molar-refractivity contribution is 5.90. The van der Waals surface area contributed by atoms with Crippen molar-refractivity contribution in [2.45, 2.75) is 32.5 Å². The van der Waals surface area contributed by atoms with Gasteiger partial charge in [0.25, 0.3) is 0 Å². The summed E-state index contributed by atoms with van der Waals surface area (Å²) in [6.07, 6.45) is -3.95. The minimum absolute atomic E-state index is 0.0665. The number of alkyl halides is 3. The highest BCUT2D eigenvalue weighted by Gasteiger charge is 2.28. The fourth-order valence-corrected chi connectivity index (χ4v) is 2.24. The lowest BCUT2D eigenvalue weighted by molar-refractivity contribution is -0.153. The third-order valence-corrected chi connectivity index (χ3v) is 3.32. The average molecular weight is 380 g/mol. The lowest BCUT2D eigenvalue weighted by Gasteiger charge is -2.19. The second-order valence-corrected chi connectivity index (χ2v) is 6.89. The van der Waals surface area contributed by atoms with Crippen molar-refractivity contribution >= 4 is 12.3 Å². The predicted octanol–water partition coefficient (Wildman–Crippen LogP) is 5.06. The van der Waals surface area contributed by atoms with Crippen molar-refractivity contribution in [2.75, 3.05) is 6.61 Å². The summed E-state index contributed by atoms with van der Waals surface area (Å²) in [4.78, 5) is 23.1. The fourth-order valence-electron chi connectivity index (χ4n) is 2.24. The molecule has 0 N–H and O–H groups in total. The number of halogens is 3. The van der Waals surface area contributed by atoms with Crippen molar-refractivity contribution in [1.82, 2.24) is 0 Å². The van der Waals surface area contributed by atoms with Crippen LogP contribution in [0.4, 0.5) is 13.2 Å². The van der Waals surface area contributed by atoms with Gasteiger partial charge in [0.2, 0.25) is 0 Å². The molecule has 0 atom stereocenters. The number of benzene rings is 2. The van der Waals surface area contributed by atoms with E-state index in [1.54, 1.807) is 45.0 Å². The number of aldehydes is 1. The van der Waals surface area contributed by atoms with Gasteiger partial charge in [0, 0.05) is 5.56 Å². The molecule has 2 aromatic rings. The molecule has 0 aliphatic carbocycles. The Morgan fingerprint density at radius 3 is 2.15 bits per heavy atom. The summed E-state index contributed by atoms with van der Waals surface area (Å²) in [5, 5.41) is 0. The van der Waals surface area contributed by atoms with Crippen molar-refractivity contribution in [3.8, 4) is 16.9 Å². The van der Waals surface area contributed by atoms with Crippen LogP contribution in [0.1, 0.15) is 41.5 Å². The molecular formula is C20H19F3O4. The van der Waals surface area contributed by atoms with Gasteiger partial charge in [-0.1, -0.05) is 12.1 Å². The van der Waals surface area contributed by atoms with E-state index in [9.17, 15) is 22.8 Å². The molecule has 2 rings (SSSR count). The van der Waals surface area contributed by atoms with E-state index in [0.717, 1.165) is 0 Å². The van der Waals surface area contributed by atoms with Gasteiger partial charge in [-0.2, -0.15) is 13.2 Å². The topological polar surface area (TPSA) is 52.6 Å². The van der Waals surface area contributed by atoms with E-state index in [0.29, 0.717) is 23.0 Å². The van der Waals surface area contributed by atoms with Gasteiger partial charge in [-0.15, -0.1) is 0 Å². The molecule has 0 radical (unpaired) electrons. The first-order valence-electron chi connectivity index (χ1n) is 8.10. The van der Waals surface area contributed by atoms with Gasteiger partial charge in [-0.25, -0.2) is 4.79 Å². The largest absolute Gasteiger partial charge is 0.484 e. The first-order chi connectivity index (χ1) is 12.5. The van der Waals surface area contributed by atoms with Crippen LogP contribution in [0, 0.1) is 0 Å². The number of hydrogen-bond acceptors (Lipinski definition) is 4. The van der Waals surface area contributed by atoms with Gasteiger partial charge in [0.15, 0.2) is 6.61 Å². The standard InChI is InChI=1S/C20H19F3O4/c1-19(2,3)27-18(25)15-6-4-14(5-7-15)16-8-13(11-24)9-17(10-16)26-12-20(21,22)23/h4-11H,12H2,1-3H3. The number of carbonyl (C=O) groups is 2. The summed E-state index contributed by atoms with van der Waals surface area (Å²) in [5.74, 6) is -0.548. The highest BCUT2D eigenvalue weighted by atomic mass is 19.4. The minimum atomic E-state index is -4.48. The van der Waals surface area contributed by atoms with Crippen LogP contribution in [0.2, 0.25) is 0 Å². The zero-order valence-corrected chi connectivity index (χ0v) is 15.1. The molecule has 0 saturated carbocycles. The van der Waals surface area contributed by atoms with Crippen molar-refractivity contribution in [1.29, 1.82) is 0 Å². The number of rotatable bonds is 5. The van der Waals surface area contributed by atoms with Crippen LogP contribution in [0.5, 0.6) is 5.75 Å². The Hall–Kier alpha value is -2.83. The van der Waals surface area contributed by atoms with Gasteiger partial charge in [-0.05, 0) is 62.2 Å². The SMILES string of the molecule is CC(C)(C)OC(=O)c1ccc(-c2cc(C=O)cc(OCC(F)(F)F)c2)cc1. The molecule has 0 fully saturated rings. The van der Waals surface area contributed by atoms with Crippen LogP contribution in [0.3, 0.4) is 0 Å². The molecule has 144 valence electrons. The third kappa shape index (κ3) is 6.44. The Morgan fingerprint density at radius 1 is 1.00 bits per heavy atom. The van der Waals surface area contributed by atoms with E-state index in [-0.39, 0.29) is 11.3 Å². The minimum Gasteiger partial charge on any atom is -0.484 e. The maximum atomic E-state index is 12.3. The second kappa shape index (κ2) is 7.82. The molecule has 0 amide bonds. The van der Waals surface area contributed by atoms with Gasteiger partial charge in [-0.3, -0.25) is 4.79 Å². The van der Waals surface area contributed by atoms with Crippen molar-refractivity contribution in [2.24, 2.45) is 0 Å². The molecule has 0 saturated heterocycles. The summed E-state index contributed by atoms with van der Waals surface area (Å²) >= 11 is 0. The summed E-state index contributed by atoms with van der Waals surface area (Å²) < 4.78 is 47.1. The summed E-state index contributed by atoms with van der Waals surface area (Å²) in [7, 11) is 0. The van der Waals surface area contributed by atoms with Gasteiger partial charge >= 0.3 is 12.1 Å². The molecule has 0 aliphatic rings. The molecular weight excluding hydrogens is 361 g/mol. The number of ether oxygens (including phenoxy) is 2. The van der Waals surface area contributed by atoms with E-state index in [1.165, 1.54) is 18.2 Å². The summed E-state index contributed by atoms with van der Waals surface area (Å²) in [6.45, 7) is 3.82. The van der Waals surface area contributed by atoms with Crippen LogP contribution in [0.15, 0.2) is 42.5 Å². The molecule has 7 heteroatoms. The van der Waals surface area contributed by atoms with E-state index in [2.05, 4.69) is 0 Å². The fraction of sp³-hybridized carbons (Fsp3) is 0.300. The summed E-state index contributed by atoms with van der Waals surface area (Å²) in [6, 6.07) is 10.5. The van der Waals surface area contributed by atoms with E-state index < -0.39 is 24.4 Å². The maximum absolute atomic E-state index is 12.3. The molecule has 0 heterocycles. The first-order valence-corrected chi connectivity index (χ1v) is 8.10. The predicted molar refractivity (Wildman–Crippen MR) is 94.0 cm³/mol. The number of carbonyl (C=O) groups excluding carboxylic acids is 2. The van der Waals surface area contributed by atoms with Gasteiger partial charge in [0.1, 0.15) is 17.6 Å². The van der Waals surface area contributed by atoms with Crippen LogP contribution >= 0.6 is 0 Å². The van der Waals surface area contributed by atoms with Crippen LogP contribution < -0.4 is 4.74 Å². The zero-order chi connectivity index (χ0) is 20.2. The molecule has 0 spiro atoms. The quantitative estimate of drug-likeness (QED) is 0.537. The Bertz CT molecular complexity index is 819. The van der Waals surface area contributed by atoms with E-state index in [4.69, 9.17) is 9.47 Å². The molecule has 27 heavy (non-hydrogen) atoms. The molecule has 0 aromatic heterocycles. The van der Waals surface area contributed by atoms with Crippen LogP contribution in [-0.4, -0.2) is 30.6 Å². The van der Waals surface area contributed by atoms with Crippen LogP contribution in [-0.2, 0) is 4.74 Å². The van der Waals surface area contributed by atoms with Crippen molar-refractivity contribution < 1.29 is 32.2 Å². The molecule has 4 nitrogen and oxygen atoms in total. The Balaban J connectivity index is 2.26.